The Morgan fingerprint density at radius 1 is 1.50 bits per heavy atom. The van der Waals surface area contributed by atoms with Gasteiger partial charge in [0, 0.05) is 0 Å². The first-order valence-corrected chi connectivity index (χ1v) is 4.18. The number of para-hydroxylation sites is 2. The molecule has 2 aromatic rings. The van der Waals surface area contributed by atoms with E-state index in [0.29, 0.717) is 11.1 Å². The lowest BCUT2D eigenvalue weighted by molar-refractivity contribution is -0.122. The van der Waals surface area contributed by atoms with Crippen molar-refractivity contribution in [3.05, 3.63) is 30.2 Å². The second kappa shape index (κ2) is 3.21. The number of hydrogen-bond acceptors (Lipinski definition) is 3. The highest BCUT2D eigenvalue weighted by molar-refractivity contribution is 5.81. The maximum atomic E-state index is 13.2. The molecular formula is C10H8FNO2. The van der Waals surface area contributed by atoms with E-state index in [1.165, 1.54) is 6.92 Å². The zero-order chi connectivity index (χ0) is 10.1. The molecule has 0 aliphatic carbocycles. The van der Waals surface area contributed by atoms with E-state index >= 15 is 0 Å². The second-order valence-electron chi connectivity index (χ2n) is 2.99. The first-order valence-electron chi connectivity index (χ1n) is 4.18. The van der Waals surface area contributed by atoms with Crippen molar-refractivity contribution in [1.29, 1.82) is 0 Å². The van der Waals surface area contributed by atoms with Crippen molar-refractivity contribution < 1.29 is 13.6 Å². The van der Waals surface area contributed by atoms with Crippen LogP contribution in [-0.2, 0) is 4.79 Å². The molecule has 0 saturated carbocycles. The van der Waals surface area contributed by atoms with Gasteiger partial charge in [-0.15, -0.1) is 0 Å². The van der Waals surface area contributed by atoms with Crippen LogP contribution in [0.2, 0.25) is 0 Å². The molecule has 1 atom stereocenters. The Bertz CT molecular complexity index is 445. The fourth-order valence-corrected chi connectivity index (χ4v) is 1.17. The SMILES string of the molecule is CC(=O)C(F)c1nc2ccccc2o1. The summed E-state index contributed by atoms with van der Waals surface area (Å²) in [4.78, 5) is 14.6. The first kappa shape index (κ1) is 8.87. The van der Waals surface area contributed by atoms with Crippen molar-refractivity contribution in [2.75, 3.05) is 0 Å². The summed E-state index contributed by atoms with van der Waals surface area (Å²) >= 11 is 0. The third-order valence-corrected chi connectivity index (χ3v) is 1.88. The van der Waals surface area contributed by atoms with Gasteiger partial charge in [-0.25, -0.2) is 9.37 Å². The number of ketones is 1. The van der Waals surface area contributed by atoms with Crippen molar-refractivity contribution in [2.24, 2.45) is 0 Å². The van der Waals surface area contributed by atoms with Gasteiger partial charge < -0.3 is 4.42 Å². The molecule has 0 N–H and O–H groups in total. The molecule has 1 aromatic carbocycles. The van der Waals surface area contributed by atoms with Crippen LogP contribution < -0.4 is 0 Å². The molecule has 14 heavy (non-hydrogen) atoms. The maximum Gasteiger partial charge on any atom is 0.237 e. The summed E-state index contributed by atoms with van der Waals surface area (Å²) in [5, 5.41) is 0. The summed E-state index contributed by atoms with van der Waals surface area (Å²) in [5.74, 6) is -0.768. The number of carbonyl (C=O) groups excluding carboxylic acids is 1. The van der Waals surface area contributed by atoms with Gasteiger partial charge in [-0.2, -0.15) is 0 Å². The summed E-state index contributed by atoms with van der Waals surface area (Å²) in [6.45, 7) is 1.17. The predicted octanol–water partition coefficient (Wildman–Crippen LogP) is 2.43. The quantitative estimate of drug-likeness (QED) is 0.735. The van der Waals surface area contributed by atoms with Crippen LogP contribution >= 0.6 is 0 Å². The summed E-state index contributed by atoms with van der Waals surface area (Å²) in [6, 6.07) is 6.92. The monoisotopic (exact) mass is 193 g/mol. The number of alkyl halides is 1. The third-order valence-electron chi connectivity index (χ3n) is 1.88. The average Bonchev–Trinajstić information content (AvgIpc) is 2.59. The van der Waals surface area contributed by atoms with Crippen LogP contribution in [0.1, 0.15) is 19.0 Å². The van der Waals surface area contributed by atoms with Crippen LogP contribution in [0.15, 0.2) is 28.7 Å². The number of Topliss-reactive ketones (excluding diaryl/α,β-unsaturated/α-hetero) is 1. The molecule has 0 aliphatic rings. The van der Waals surface area contributed by atoms with Crippen molar-refractivity contribution in [1.82, 2.24) is 4.98 Å². The molecule has 0 fully saturated rings. The molecule has 0 saturated heterocycles. The molecule has 0 amide bonds. The van der Waals surface area contributed by atoms with Crippen molar-refractivity contribution in [3.8, 4) is 0 Å². The van der Waals surface area contributed by atoms with Gasteiger partial charge in [0.05, 0.1) is 0 Å². The Balaban J connectivity index is 2.50. The number of rotatable bonds is 2. The van der Waals surface area contributed by atoms with Crippen LogP contribution in [0.25, 0.3) is 11.1 Å². The highest BCUT2D eigenvalue weighted by Gasteiger charge is 2.21. The molecule has 1 unspecified atom stereocenters. The van der Waals surface area contributed by atoms with Gasteiger partial charge in [-0.1, -0.05) is 12.1 Å². The van der Waals surface area contributed by atoms with Crippen molar-refractivity contribution >= 4 is 16.9 Å². The van der Waals surface area contributed by atoms with Gasteiger partial charge in [-0.3, -0.25) is 4.79 Å². The number of hydrogen-bond donors (Lipinski definition) is 0. The predicted molar refractivity (Wildman–Crippen MR) is 48.5 cm³/mol. The van der Waals surface area contributed by atoms with E-state index in [1.54, 1.807) is 24.3 Å². The van der Waals surface area contributed by atoms with E-state index in [9.17, 15) is 9.18 Å². The number of nitrogens with zero attached hydrogens (tertiary/aromatic N) is 1. The Morgan fingerprint density at radius 3 is 2.86 bits per heavy atom. The largest absolute Gasteiger partial charge is 0.437 e. The number of halogens is 1. The number of carbonyl (C=O) groups is 1. The fraction of sp³-hybridized carbons (Fsp3) is 0.200. The molecule has 72 valence electrons. The Kier molecular flexibility index (Phi) is 2.04. The van der Waals surface area contributed by atoms with E-state index in [4.69, 9.17) is 4.42 Å². The summed E-state index contributed by atoms with van der Waals surface area (Å²) in [7, 11) is 0. The lowest BCUT2D eigenvalue weighted by Crippen LogP contribution is -2.02. The molecule has 0 radical (unpaired) electrons. The first-order chi connectivity index (χ1) is 6.68. The smallest absolute Gasteiger partial charge is 0.237 e. The number of aromatic nitrogens is 1. The Hall–Kier alpha value is -1.71. The normalized spacial score (nSPS) is 13.0. The molecule has 0 spiro atoms. The van der Waals surface area contributed by atoms with Crippen LogP contribution in [0.4, 0.5) is 4.39 Å². The average molecular weight is 193 g/mol. The van der Waals surface area contributed by atoms with E-state index in [0.717, 1.165) is 0 Å². The number of benzene rings is 1. The molecule has 2 rings (SSSR count). The molecule has 1 aromatic heterocycles. The van der Waals surface area contributed by atoms with Crippen LogP contribution in [-0.4, -0.2) is 10.8 Å². The summed E-state index contributed by atoms with van der Waals surface area (Å²) in [6.07, 6.45) is -1.76. The van der Waals surface area contributed by atoms with E-state index in [-0.39, 0.29) is 5.89 Å². The second-order valence-corrected chi connectivity index (χ2v) is 2.99. The lowest BCUT2D eigenvalue weighted by Gasteiger charge is -1.95. The molecule has 0 bridgehead atoms. The molecule has 3 nitrogen and oxygen atoms in total. The van der Waals surface area contributed by atoms with Gasteiger partial charge in [0.1, 0.15) is 5.52 Å². The standard InChI is InChI=1S/C10H8FNO2/c1-6(13)9(11)10-12-7-4-2-3-5-8(7)14-10/h2-5,9H,1H3. The zero-order valence-electron chi connectivity index (χ0n) is 7.53. The molecule has 4 heteroatoms. The molecular weight excluding hydrogens is 185 g/mol. The zero-order valence-corrected chi connectivity index (χ0v) is 7.53. The van der Waals surface area contributed by atoms with Crippen molar-refractivity contribution in [2.45, 2.75) is 13.1 Å². The Labute approximate surface area is 79.5 Å². The van der Waals surface area contributed by atoms with Gasteiger partial charge >= 0.3 is 0 Å². The van der Waals surface area contributed by atoms with Crippen molar-refractivity contribution in [3.63, 3.8) is 0 Å². The summed E-state index contributed by atoms with van der Waals surface area (Å²) < 4.78 is 18.3. The van der Waals surface area contributed by atoms with Crippen LogP contribution in [0.5, 0.6) is 0 Å². The fourth-order valence-electron chi connectivity index (χ4n) is 1.17. The minimum Gasteiger partial charge on any atom is -0.437 e. The van der Waals surface area contributed by atoms with E-state index < -0.39 is 12.0 Å². The van der Waals surface area contributed by atoms with Gasteiger partial charge in [0.15, 0.2) is 11.4 Å². The lowest BCUT2D eigenvalue weighted by atomic mass is 10.3. The highest BCUT2D eigenvalue weighted by atomic mass is 19.1. The number of fused-ring (bicyclic) bond motifs is 1. The third kappa shape index (κ3) is 1.39. The van der Waals surface area contributed by atoms with E-state index in [2.05, 4.69) is 4.98 Å². The molecule has 0 aliphatic heterocycles. The minimum absolute atomic E-state index is 0.168. The minimum atomic E-state index is -1.76. The van der Waals surface area contributed by atoms with Gasteiger partial charge in [-0.05, 0) is 19.1 Å². The highest BCUT2D eigenvalue weighted by Crippen LogP contribution is 2.22. The summed E-state index contributed by atoms with van der Waals surface area (Å²) in [5.41, 5.74) is 1.05. The molecule has 1 heterocycles. The van der Waals surface area contributed by atoms with Crippen LogP contribution in [0.3, 0.4) is 0 Å². The van der Waals surface area contributed by atoms with Gasteiger partial charge in [0.2, 0.25) is 12.1 Å². The van der Waals surface area contributed by atoms with E-state index in [1.807, 2.05) is 0 Å². The maximum absolute atomic E-state index is 13.2. The Morgan fingerprint density at radius 2 is 2.21 bits per heavy atom. The van der Waals surface area contributed by atoms with Crippen LogP contribution in [0, 0.1) is 0 Å². The topological polar surface area (TPSA) is 43.1 Å². The van der Waals surface area contributed by atoms with Gasteiger partial charge in [0.25, 0.3) is 0 Å². The number of oxazole rings is 1.